The highest BCUT2D eigenvalue weighted by Crippen LogP contribution is 2.19. The zero-order chi connectivity index (χ0) is 15.8. The van der Waals surface area contributed by atoms with E-state index in [1.807, 2.05) is 67.1 Å². The molecule has 3 heterocycles. The maximum atomic E-state index is 12.8. The highest BCUT2D eigenvalue weighted by molar-refractivity contribution is 5.94. The molecule has 0 saturated carbocycles. The second-order valence-electron chi connectivity index (χ2n) is 5.90. The number of aromatic nitrogens is 3. The predicted molar refractivity (Wildman–Crippen MR) is 87.5 cm³/mol. The number of rotatable bonds is 2. The normalized spacial score (nSPS) is 13.9. The van der Waals surface area contributed by atoms with Crippen LogP contribution in [-0.2, 0) is 13.1 Å². The van der Waals surface area contributed by atoms with Gasteiger partial charge in [0, 0.05) is 42.9 Å². The van der Waals surface area contributed by atoms with E-state index in [9.17, 15) is 4.79 Å². The minimum atomic E-state index is 0.0830. The summed E-state index contributed by atoms with van der Waals surface area (Å²) in [5.74, 6) is 0.0830. The van der Waals surface area contributed by atoms with E-state index in [0.29, 0.717) is 6.54 Å². The monoisotopic (exact) mass is 306 g/mol. The summed E-state index contributed by atoms with van der Waals surface area (Å²) < 4.78 is 4.16. The van der Waals surface area contributed by atoms with E-state index in [2.05, 4.69) is 14.1 Å². The fraction of sp³-hybridized carbons (Fsp3) is 0.222. The quantitative estimate of drug-likeness (QED) is 0.730. The zero-order valence-corrected chi connectivity index (χ0v) is 13.0. The molecule has 1 amide bonds. The lowest BCUT2D eigenvalue weighted by Gasteiger charge is -2.28. The van der Waals surface area contributed by atoms with E-state index < -0.39 is 0 Å². The Kier molecular flexibility index (Phi) is 3.26. The molecule has 5 heteroatoms. The molecule has 4 rings (SSSR count). The highest BCUT2D eigenvalue weighted by atomic mass is 16.2. The lowest BCUT2D eigenvalue weighted by Crippen LogP contribution is -2.37. The highest BCUT2D eigenvalue weighted by Gasteiger charge is 2.22. The minimum Gasteiger partial charge on any atom is -0.331 e. The number of fused-ring (bicyclic) bond motifs is 1. The number of aryl methyl sites for hydroxylation is 1. The first kappa shape index (κ1) is 13.8. The Morgan fingerprint density at radius 2 is 2.00 bits per heavy atom. The number of carbonyl (C=O) groups excluding carboxylic acids is 1. The van der Waals surface area contributed by atoms with Gasteiger partial charge in [0.2, 0.25) is 0 Å². The Labute approximate surface area is 134 Å². The molecule has 0 saturated heterocycles. The molecule has 0 radical (unpaired) electrons. The second kappa shape index (κ2) is 5.43. The molecule has 5 nitrogen and oxygen atoms in total. The van der Waals surface area contributed by atoms with E-state index in [-0.39, 0.29) is 5.91 Å². The van der Waals surface area contributed by atoms with Crippen LogP contribution in [0.1, 0.15) is 21.6 Å². The van der Waals surface area contributed by atoms with Gasteiger partial charge in [-0.1, -0.05) is 0 Å². The van der Waals surface area contributed by atoms with E-state index in [1.165, 1.54) is 0 Å². The summed E-state index contributed by atoms with van der Waals surface area (Å²) in [7, 11) is 0. The zero-order valence-electron chi connectivity index (χ0n) is 13.0. The summed E-state index contributed by atoms with van der Waals surface area (Å²) in [6.45, 7) is 4.19. The van der Waals surface area contributed by atoms with Gasteiger partial charge in [-0.25, -0.2) is 4.98 Å². The topological polar surface area (TPSA) is 43.1 Å². The molecule has 1 aliphatic rings. The van der Waals surface area contributed by atoms with Crippen LogP contribution in [0.15, 0.2) is 55.2 Å². The van der Waals surface area contributed by atoms with Gasteiger partial charge in [0.05, 0.1) is 18.6 Å². The van der Waals surface area contributed by atoms with Gasteiger partial charge in [0.1, 0.15) is 0 Å². The molecule has 1 aliphatic heterocycles. The first-order chi connectivity index (χ1) is 11.2. The van der Waals surface area contributed by atoms with Crippen LogP contribution in [0.4, 0.5) is 0 Å². The summed E-state index contributed by atoms with van der Waals surface area (Å²) in [5.41, 5.74) is 4.02. The third-order valence-corrected chi connectivity index (χ3v) is 4.38. The molecule has 1 aromatic carbocycles. The molecule has 0 spiro atoms. The second-order valence-corrected chi connectivity index (χ2v) is 5.90. The smallest absolute Gasteiger partial charge is 0.254 e. The Morgan fingerprint density at radius 3 is 2.78 bits per heavy atom. The Hall–Kier alpha value is -2.82. The number of imidazole rings is 1. The van der Waals surface area contributed by atoms with Gasteiger partial charge in [-0.2, -0.15) is 0 Å². The molecule has 0 fully saturated rings. The molecule has 116 valence electrons. The van der Waals surface area contributed by atoms with Crippen molar-refractivity contribution in [3.63, 3.8) is 0 Å². The SMILES string of the molecule is Cc1cc(C(=O)N2CCn3cncc3C2)ccc1-n1cccc1. The van der Waals surface area contributed by atoms with Crippen molar-refractivity contribution in [3.05, 3.63) is 72.1 Å². The number of nitrogens with zero attached hydrogens (tertiary/aromatic N) is 4. The van der Waals surface area contributed by atoms with Crippen molar-refractivity contribution in [2.75, 3.05) is 6.54 Å². The van der Waals surface area contributed by atoms with Crippen LogP contribution in [0.5, 0.6) is 0 Å². The molecule has 0 atom stereocenters. The number of carbonyl (C=O) groups is 1. The summed E-state index contributed by atoms with van der Waals surface area (Å²) in [6, 6.07) is 9.89. The van der Waals surface area contributed by atoms with Crippen molar-refractivity contribution < 1.29 is 4.79 Å². The van der Waals surface area contributed by atoms with E-state index >= 15 is 0 Å². The number of hydrogen-bond donors (Lipinski definition) is 0. The summed E-state index contributed by atoms with van der Waals surface area (Å²) in [6.07, 6.45) is 7.68. The van der Waals surface area contributed by atoms with Crippen LogP contribution in [0.3, 0.4) is 0 Å². The van der Waals surface area contributed by atoms with Gasteiger partial charge in [0.25, 0.3) is 5.91 Å². The van der Waals surface area contributed by atoms with Gasteiger partial charge in [-0.05, 0) is 42.8 Å². The van der Waals surface area contributed by atoms with Crippen LogP contribution >= 0.6 is 0 Å². The summed E-state index contributed by atoms with van der Waals surface area (Å²) >= 11 is 0. The fourth-order valence-corrected chi connectivity index (χ4v) is 3.11. The molecule has 0 bridgehead atoms. The molecular formula is C18H18N4O. The first-order valence-electron chi connectivity index (χ1n) is 7.74. The van der Waals surface area contributed by atoms with Crippen LogP contribution in [0, 0.1) is 6.92 Å². The third-order valence-electron chi connectivity index (χ3n) is 4.38. The van der Waals surface area contributed by atoms with Crippen molar-refractivity contribution >= 4 is 5.91 Å². The minimum absolute atomic E-state index is 0.0830. The number of amides is 1. The third kappa shape index (κ3) is 2.44. The van der Waals surface area contributed by atoms with Gasteiger partial charge in [-0.15, -0.1) is 0 Å². The maximum Gasteiger partial charge on any atom is 0.254 e. The van der Waals surface area contributed by atoms with Gasteiger partial charge in [-0.3, -0.25) is 4.79 Å². The lowest BCUT2D eigenvalue weighted by atomic mass is 10.1. The molecule has 2 aromatic heterocycles. The molecule has 23 heavy (non-hydrogen) atoms. The fourth-order valence-electron chi connectivity index (χ4n) is 3.11. The Bertz CT molecular complexity index is 848. The molecule has 0 aliphatic carbocycles. The largest absolute Gasteiger partial charge is 0.331 e. The van der Waals surface area contributed by atoms with Crippen molar-refractivity contribution in [1.82, 2.24) is 19.0 Å². The molecule has 0 N–H and O–H groups in total. The van der Waals surface area contributed by atoms with Gasteiger partial charge < -0.3 is 14.0 Å². The summed E-state index contributed by atoms with van der Waals surface area (Å²) in [5, 5.41) is 0. The number of benzene rings is 1. The van der Waals surface area contributed by atoms with Crippen molar-refractivity contribution in [2.45, 2.75) is 20.0 Å². The van der Waals surface area contributed by atoms with E-state index in [1.54, 1.807) is 0 Å². The average molecular weight is 306 g/mol. The molecular weight excluding hydrogens is 288 g/mol. The van der Waals surface area contributed by atoms with Crippen molar-refractivity contribution in [2.24, 2.45) is 0 Å². The lowest BCUT2D eigenvalue weighted by molar-refractivity contribution is 0.0711. The van der Waals surface area contributed by atoms with Gasteiger partial charge >= 0.3 is 0 Å². The first-order valence-corrected chi connectivity index (χ1v) is 7.74. The van der Waals surface area contributed by atoms with Crippen LogP contribution in [-0.4, -0.2) is 31.5 Å². The Balaban J connectivity index is 1.59. The summed E-state index contributed by atoms with van der Waals surface area (Å²) in [4.78, 5) is 18.8. The standard InChI is InChI=1S/C18H18N4O/c1-14-10-15(4-5-17(14)20-6-2-3-7-20)18(23)21-8-9-22-13-19-11-16(22)12-21/h2-7,10-11,13H,8-9,12H2,1H3. The average Bonchev–Trinajstić information content (AvgIpc) is 3.24. The van der Waals surface area contributed by atoms with Crippen LogP contribution in [0.25, 0.3) is 5.69 Å². The predicted octanol–water partition coefficient (Wildman–Crippen LogP) is 2.64. The van der Waals surface area contributed by atoms with Crippen molar-refractivity contribution in [1.29, 1.82) is 0 Å². The van der Waals surface area contributed by atoms with E-state index in [0.717, 1.165) is 35.6 Å². The number of hydrogen-bond acceptors (Lipinski definition) is 2. The van der Waals surface area contributed by atoms with Gasteiger partial charge in [0.15, 0.2) is 0 Å². The van der Waals surface area contributed by atoms with E-state index in [4.69, 9.17) is 0 Å². The maximum absolute atomic E-state index is 12.8. The van der Waals surface area contributed by atoms with Crippen LogP contribution < -0.4 is 0 Å². The molecule has 3 aromatic rings. The molecule has 0 unspecified atom stereocenters. The van der Waals surface area contributed by atoms with Crippen molar-refractivity contribution in [3.8, 4) is 5.69 Å². The van der Waals surface area contributed by atoms with Crippen LogP contribution in [0.2, 0.25) is 0 Å². The Morgan fingerprint density at radius 1 is 1.17 bits per heavy atom.